The Hall–Kier alpha value is -1.53. The second-order valence-corrected chi connectivity index (χ2v) is 7.48. The first-order valence-electron chi connectivity index (χ1n) is 8.53. The number of carboxylic acid groups (broad SMARTS) is 1. The van der Waals surface area contributed by atoms with Crippen LogP contribution in [0.2, 0.25) is 0 Å². The minimum absolute atomic E-state index is 0.178. The summed E-state index contributed by atoms with van der Waals surface area (Å²) in [4.78, 5) is 14.8. The Morgan fingerprint density at radius 3 is 2.62 bits per heavy atom. The number of aliphatic hydroxyl groups excluding tert-OH is 1. The summed E-state index contributed by atoms with van der Waals surface area (Å²) in [6, 6.07) is 1.29. The quantitative estimate of drug-likeness (QED) is 0.712. The summed E-state index contributed by atoms with van der Waals surface area (Å²) in [5.41, 5.74) is 0.280. The number of aliphatic carboxylic acids is 1. The molecule has 1 atom stereocenters. The third-order valence-electron chi connectivity index (χ3n) is 4.88. The molecule has 1 aromatic rings. The highest BCUT2D eigenvalue weighted by molar-refractivity contribution is 5.69. The molecule has 0 amide bonds. The fourth-order valence-corrected chi connectivity index (χ4v) is 3.51. The lowest BCUT2D eigenvalue weighted by Crippen LogP contribution is -2.43. The molecule has 1 heterocycles. The van der Waals surface area contributed by atoms with Crippen molar-refractivity contribution in [2.24, 2.45) is 11.8 Å². The summed E-state index contributed by atoms with van der Waals surface area (Å²) in [5.74, 6) is -0.839. The van der Waals surface area contributed by atoms with Crippen LogP contribution in [0.3, 0.4) is 0 Å². The van der Waals surface area contributed by atoms with E-state index in [0.29, 0.717) is 18.0 Å². The molecule has 1 fully saturated rings. The molecule has 24 heavy (non-hydrogen) atoms. The van der Waals surface area contributed by atoms with E-state index < -0.39 is 17.9 Å². The molecule has 0 aromatic carbocycles. The first-order valence-corrected chi connectivity index (χ1v) is 8.53. The second-order valence-electron chi connectivity index (χ2n) is 7.48. The number of pyridine rings is 1. The van der Waals surface area contributed by atoms with E-state index in [9.17, 15) is 14.3 Å². The number of carboxylic acids is 1. The van der Waals surface area contributed by atoms with Crippen LogP contribution in [-0.4, -0.2) is 33.3 Å². The van der Waals surface area contributed by atoms with Crippen molar-refractivity contribution < 1.29 is 19.4 Å². The fourth-order valence-electron chi connectivity index (χ4n) is 3.51. The first kappa shape index (κ1) is 18.8. The van der Waals surface area contributed by atoms with Gasteiger partial charge < -0.3 is 15.5 Å². The summed E-state index contributed by atoms with van der Waals surface area (Å²) in [6.45, 7) is 4.47. The largest absolute Gasteiger partial charge is 0.481 e. The Labute approximate surface area is 142 Å². The standard InChI is InChI=1S/C18H27FN2O3/c1-18(2,8-12-3-5-13(6-4-12)17(23)24)21-11-16(22)14-7-15(19)10-20-9-14/h7,9-10,12-13,16,21-22H,3-6,8,11H2,1-2H3,(H,23,24)/t12?,13?,16-/m0/s1. The molecule has 6 heteroatoms. The molecule has 1 aromatic heterocycles. The van der Waals surface area contributed by atoms with Gasteiger partial charge in [0.15, 0.2) is 0 Å². The van der Waals surface area contributed by atoms with E-state index in [1.165, 1.54) is 12.3 Å². The molecule has 0 bridgehead atoms. The number of nitrogens with zero attached hydrogens (tertiary/aromatic N) is 1. The number of aliphatic hydroxyl groups is 1. The second kappa shape index (κ2) is 8.03. The predicted molar refractivity (Wildman–Crippen MR) is 88.9 cm³/mol. The highest BCUT2D eigenvalue weighted by Gasteiger charge is 2.30. The van der Waals surface area contributed by atoms with Gasteiger partial charge >= 0.3 is 5.97 Å². The van der Waals surface area contributed by atoms with Crippen LogP contribution in [-0.2, 0) is 4.79 Å². The topological polar surface area (TPSA) is 82.5 Å². The van der Waals surface area contributed by atoms with Crippen molar-refractivity contribution in [3.63, 3.8) is 0 Å². The molecular weight excluding hydrogens is 311 g/mol. The molecule has 1 saturated carbocycles. The summed E-state index contributed by atoms with van der Waals surface area (Å²) < 4.78 is 13.2. The highest BCUT2D eigenvalue weighted by atomic mass is 19.1. The van der Waals surface area contributed by atoms with Gasteiger partial charge in [-0.05, 0) is 57.9 Å². The Bertz CT molecular complexity index is 557. The monoisotopic (exact) mass is 338 g/mol. The average Bonchev–Trinajstić information content (AvgIpc) is 2.53. The van der Waals surface area contributed by atoms with E-state index in [4.69, 9.17) is 5.11 Å². The van der Waals surface area contributed by atoms with Crippen LogP contribution in [0.15, 0.2) is 18.5 Å². The minimum atomic E-state index is -0.810. The number of rotatable bonds is 7. The third-order valence-corrected chi connectivity index (χ3v) is 4.88. The van der Waals surface area contributed by atoms with E-state index in [0.717, 1.165) is 38.3 Å². The van der Waals surface area contributed by atoms with Gasteiger partial charge in [-0.15, -0.1) is 0 Å². The molecule has 134 valence electrons. The molecule has 0 unspecified atom stereocenters. The lowest BCUT2D eigenvalue weighted by Gasteiger charge is -2.34. The maximum Gasteiger partial charge on any atom is 0.306 e. The number of β-amino-alcohol motifs (C(OH)–C–C–N with tert-alkyl or cyclic N) is 1. The molecule has 5 nitrogen and oxygen atoms in total. The van der Waals surface area contributed by atoms with Crippen molar-refractivity contribution in [3.05, 3.63) is 29.8 Å². The van der Waals surface area contributed by atoms with Gasteiger partial charge in [0.25, 0.3) is 0 Å². The van der Waals surface area contributed by atoms with Gasteiger partial charge in [-0.2, -0.15) is 0 Å². The van der Waals surface area contributed by atoms with E-state index in [1.54, 1.807) is 0 Å². The van der Waals surface area contributed by atoms with Gasteiger partial charge in [-0.25, -0.2) is 4.39 Å². The normalized spacial score (nSPS) is 23.0. The summed E-state index contributed by atoms with van der Waals surface area (Å²) in [6.07, 6.45) is 6.04. The maximum atomic E-state index is 13.2. The van der Waals surface area contributed by atoms with Crippen LogP contribution >= 0.6 is 0 Å². The summed E-state index contributed by atoms with van der Waals surface area (Å²) in [7, 11) is 0. The van der Waals surface area contributed by atoms with E-state index in [-0.39, 0.29) is 11.5 Å². The molecule has 0 spiro atoms. The zero-order valence-corrected chi connectivity index (χ0v) is 14.3. The number of hydrogen-bond acceptors (Lipinski definition) is 4. The Kier molecular flexibility index (Phi) is 6.29. The lowest BCUT2D eigenvalue weighted by atomic mass is 9.76. The maximum absolute atomic E-state index is 13.2. The van der Waals surface area contributed by atoms with Gasteiger partial charge in [-0.3, -0.25) is 9.78 Å². The van der Waals surface area contributed by atoms with Crippen LogP contribution < -0.4 is 5.32 Å². The molecule has 0 radical (unpaired) electrons. The van der Waals surface area contributed by atoms with Crippen molar-refractivity contribution in [1.82, 2.24) is 10.3 Å². The van der Waals surface area contributed by atoms with Gasteiger partial charge in [0.1, 0.15) is 5.82 Å². The highest BCUT2D eigenvalue weighted by Crippen LogP contribution is 2.34. The van der Waals surface area contributed by atoms with Crippen LogP contribution in [0.1, 0.15) is 57.6 Å². The van der Waals surface area contributed by atoms with Crippen LogP contribution in [0.25, 0.3) is 0 Å². The summed E-state index contributed by atoms with van der Waals surface area (Å²) >= 11 is 0. The van der Waals surface area contributed by atoms with E-state index in [2.05, 4.69) is 24.1 Å². The molecular formula is C18H27FN2O3. The Balaban J connectivity index is 1.80. The number of halogens is 1. The van der Waals surface area contributed by atoms with Gasteiger partial charge in [0.05, 0.1) is 18.2 Å². The van der Waals surface area contributed by atoms with Crippen LogP contribution in [0.5, 0.6) is 0 Å². The van der Waals surface area contributed by atoms with Gasteiger partial charge in [0.2, 0.25) is 0 Å². The van der Waals surface area contributed by atoms with Gasteiger partial charge in [0, 0.05) is 23.8 Å². The van der Waals surface area contributed by atoms with Crippen molar-refractivity contribution >= 4 is 5.97 Å². The lowest BCUT2D eigenvalue weighted by molar-refractivity contribution is -0.143. The molecule has 2 rings (SSSR count). The van der Waals surface area contributed by atoms with E-state index >= 15 is 0 Å². The Morgan fingerprint density at radius 1 is 1.38 bits per heavy atom. The van der Waals surface area contributed by atoms with Crippen molar-refractivity contribution in [2.45, 2.75) is 57.6 Å². The molecule has 0 saturated heterocycles. The number of nitrogens with one attached hydrogen (secondary N) is 1. The zero-order valence-electron chi connectivity index (χ0n) is 14.3. The number of hydrogen-bond donors (Lipinski definition) is 3. The van der Waals surface area contributed by atoms with Crippen LogP contribution in [0, 0.1) is 17.7 Å². The smallest absolute Gasteiger partial charge is 0.306 e. The first-order chi connectivity index (χ1) is 11.3. The summed E-state index contributed by atoms with van der Waals surface area (Å²) in [5, 5.41) is 22.6. The van der Waals surface area contributed by atoms with Crippen molar-refractivity contribution in [3.8, 4) is 0 Å². The predicted octanol–water partition coefficient (Wildman–Crippen LogP) is 2.90. The van der Waals surface area contributed by atoms with Gasteiger partial charge in [-0.1, -0.05) is 0 Å². The number of aromatic nitrogens is 1. The zero-order chi connectivity index (χ0) is 17.7. The molecule has 3 N–H and O–H groups in total. The van der Waals surface area contributed by atoms with Crippen molar-refractivity contribution in [2.75, 3.05) is 6.54 Å². The number of carbonyl (C=O) groups is 1. The van der Waals surface area contributed by atoms with Crippen LogP contribution in [0.4, 0.5) is 4.39 Å². The fraction of sp³-hybridized carbons (Fsp3) is 0.667. The molecule has 1 aliphatic rings. The SMILES string of the molecule is CC(C)(CC1CCC(C(=O)O)CC1)NC[C@H](O)c1cncc(F)c1. The Morgan fingerprint density at radius 2 is 2.04 bits per heavy atom. The minimum Gasteiger partial charge on any atom is -0.481 e. The third kappa shape index (κ3) is 5.53. The molecule has 0 aliphatic heterocycles. The molecule has 1 aliphatic carbocycles. The van der Waals surface area contributed by atoms with E-state index in [1.807, 2.05) is 0 Å². The van der Waals surface area contributed by atoms with Crippen molar-refractivity contribution in [1.29, 1.82) is 0 Å². The average molecular weight is 338 g/mol.